The van der Waals surface area contributed by atoms with E-state index in [1.807, 2.05) is 121 Å². The Balaban J connectivity index is 1.51. The van der Waals surface area contributed by atoms with E-state index in [9.17, 15) is 20.7 Å². The van der Waals surface area contributed by atoms with Crippen LogP contribution in [0, 0.1) is 22.7 Å². The van der Waals surface area contributed by atoms with Crippen molar-refractivity contribution in [2.75, 3.05) is 14.2 Å². The van der Waals surface area contributed by atoms with Crippen LogP contribution in [-0.4, -0.2) is 57.6 Å². The number of rotatable bonds is 10. The zero-order chi connectivity index (χ0) is 44.8. The Kier molecular flexibility index (Phi) is 10.7. The topological polar surface area (TPSA) is 142 Å². The van der Waals surface area contributed by atoms with E-state index in [2.05, 4.69) is 35.6 Å². The molecule has 0 amide bonds. The molecule has 10 rings (SSSR count). The van der Waals surface area contributed by atoms with Crippen LogP contribution in [0.15, 0.2) is 146 Å². The number of aromatic nitrogens is 4. The Hall–Kier alpha value is -8.03. The summed E-state index contributed by atoms with van der Waals surface area (Å²) in [5, 5.41) is 48.1. The van der Waals surface area contributed by atoms with E-state index < -0.39 is 6.85 Å². The number of aromatic hydroxyl groups is 2. The van der Waals surface area contributed by atoms with E-state index in [0.717, 1.165) is 25.9 Å². The third kappa shape index (κ3) is 7.25. The second kappa shape index (κ2) is 16.9. The average molecular weight is 882 g/mol. The number of fused-ring (bicyclic) bond motifs is 3. The van der Waals surface area contributed by atoms with Gasteiger partial charge in [0.2, 0.25) is 0 Å². The molecule has 0 spiro atoms. The van der Waals surface area contributed by atoms with Gasteiger partial charge in [-0.2, -0.15) is 10.5 Å². The van der Waals surface area contributed by atoms with Gasteiger partial charge in [0.1, 0.15) is 56.3 Å². The van der Waals surface area contributed by atoms with Gasteiger partial charge in [-0.3, -0.25) is 0 Å². The van der Waals surface area contributed by atoms with Crippen molar-refractivity contribution >= 4 is 90.2 Å². The number of phenolic OH excluding ortho intramolecular Hbond substituents is 2. The second-order valence-corrected chi connectivity index (χ2v) is 17.3. The normalized spacial score (nSPS) is 12.2. The molecule has 10 aromatic rings. The standard InChI is InChI=1S/C51H35B2N6O4S2/c1-53(33-12-8-5-9-13-33)59-47(31-16-20-35(61)21-17-31)45-44(49(59)39(29-55)51-57-41-27-37(63-3)23-25-43(41)65-51)46(30-14-18-34(60)19-15-30)58(52-32-10-6-4-7-11-32)48(45)38(28-54)50-56-40-26-36(62-2)22-24-42(40)64-50/h4-27,60-61H,1-3H3/b48-38-,49-39-. The van der Waals surface area contributed by atoms with Crippen LogP contribution in [0.3, 0.4) is 0 Å². The molecule has 4 heterocycles. The van der Waals surface area contributed by atoms with Gasteiger partial charge in [0.05, 0.1) is 45.4 Å². The first-order valence-corrected chi connectivity index (χ1v) is 22.2. The molecule has 0 bridgehead atoms. The molecule has 0 saturated carbocycles. The number of thiazole rings is 2. The summed E-state index contributed by atoms with van der Waals surface area (Å²) >= 11 is 2.81. The van der Waals surface area contributed by atoms with Gasteiger partial charge >= 0.3 is 0 Å². The fourth-order valence-electron chi connectivity index (χ4n) is 8.47. The minimum Gasteiger partial charge on any atom is -0.508 e. The summed E-state index contributed by atoms with van der Waals surface area (Å²) in [6.45, 7) is 1.70. The van der Waals surface area contributed by atoms with Crippen LogP contribution in [0.4, 0.5) is 0 Å². The maximum Gasteiger partial charge on any atom is 0.291 e. The first-order chi connectivity index (χ1) is 31.8. The lowest BCUT2D eigenvalue weighted by atomic mass is 9.57. The third-order valence-corrected chi connectivity index (χ3v) is 13.6. The monoisotopic (exact) mass is 881 g/mol. The van der Waals surface area contributed by atoms with Crippen molar-refractivity contribution in [3.63, 3.8) is 0 Å². The van der Waals surface area contributed by atoms with Crippen LogP contribution < -0.4 is 31.1 Å². The molecule has 0 aliphatic heterocycles. The minimum atomic E-state index is -0.396. The number of ether oxygens (including phenoxy) is 2. The molecule has 2 N–H and O–H groups in total. The number of benzene rings is 6. The number of nitrogens with zero attached hydrogens (tertiary/aromatic N) is 6. The van der Waals surface area contributed by atoms with Crippen molar-refractivity contribution in [1.29, 1.82) is 10.5 Å². The quantitative estimate of drug-likeness (QED) is 0.132. The fourth-order valence-corrected chi connectivity index (χ4v) is 10.4. The van der Waals surface area contributed by atoms with Crippen molar-refractivity contribution in [3.8, 4) is 57.7 Å². The Morgan fingerprint density at radius 2 is 1.09 bits per heavy atom. The lowest BCUT2D eigenvalue weighted by Gasteiger charge is -2.19. The summed E-state index contributed by atoms with van der Waals surface area (Å²) in [6.07, 6.45) is 0. The van der Waals surface area contributed by atoms with Gasteiger partial charge in [-0.15, -0.1) is 22.7 Å². The number of methoxy groups -OCH3 is 2. The molecule has 311 valence electrons. The molecule has 1 radical (unpaired) electrons. The Morgan fingerprint density at radius 1 is 0.615 bits per heavy atom. The van der Waals surface area contributed by atoms with Gasteiger partial charge in [0.25, 0.3) is 14.3 Å². The average Bonchev–Trinajstić information content (AvgIpc) is 4.11. The van der Waals surface area contributed by atoms with Crippen molar-refractivity contribution in [2.24, 2.45) is 0 Å². The molecular formula is C51H35B2N6O4S2. The second-order valence-electron chi connectivity index (χ2n) is 15.3. The van der Waals surface area contributed by atoms with E-state index in [4.69, 9.17) is 19.4 Å². The van der Waals surface area contributed by atoms with Gasteiger partial charge in [0, 0.05) is 34.3 Å². The third-order valence-electron chi connectivity index (χ3n) is 11.5. The zero-order valence-corrected chi connectivity index (χ0v) is 36.9. The smallest absolute Gasteiger partial charge is 0.291 e. The van der Waals surface area contributed by atoms with Crippen molar-refractivity contribution in [2.45, 2.75) is 6.82 Å². The summed E-state index contributed by atoms with van der Waals surface area (Å²) in [6, 6.07) is 50.5. The van der Waals surface area contributed by atoms with E-state index in [1.54, 1.807) is 38.5 Å². The van der Waals surface area contributed by atoms with Crippen molar-refractivity contribution < 1.29 is 19.7 Å². The molecule has 14 heteroatoms. The van der Waals surface area contributed by atoms with E-state index in [1.165, 1.54) is 22.7 Å². The highest BCUT2D eigenvalue weighted by atomic mass is 32.1. The van der Waals surface area contributed by atoms with Crippen LogP contribution in [0.2, 0.25) is 6.82 Å². The van der Waals surface area contributed by atoms with E-state index in [-0.39, 0.29) is 11.5 Å². The molecule has 6 aromatic carbocycles. The minimum absolute atomic E-state index is 0.0824. The summed E-state index contributed by atoms with van der Waals surface area (Å²) in [5.41, 5.74) is 6.61. The molecule has 65 heavy (non-hydrogen) atoms. The summed E-state index contributed by atoms with van der Waals surface area (Å²) < 4.78 is 17.1. The predicted molar refractivity (Wildman–Crippen MR) is 262 cm³/mol. The van der Waals surface area contributed by atoms with Crippen molar-refractivity contribution in [1.82, 2.24) is 18.9 Å². The molecule has 0 saturated heterocycles. The van der Waals surface area contributed by atoms with Gasteiger partial charge in [-0.25, -0.2) is 9.97 Å². The van der Waals surface area contributed by atoms with Gasteiger partial charge < -0.3 is 28.6 Å². The summed E-state index contributed by atoms with van der Waals surface area (Å²) in [4.78, 5) is 10.2. The van der Waals surface area contributed by atoms with Crippen LogP contribution in [0.1, 0.15) is 10.0 Å². The van der Waals surface area contributed by atoms with Gasteiger partial charge in [-0.1, -0.05) is 78.4 Å². The van der Waals surface area contributed by atoms with Crippen LogP contribution in [0.5, 0.6) is 23.0 Å². The molecule has 0 aliphatic rings. The Bertz CT molecular complexity index is 3660. The molecule has 0 unspecified atom stereocenters. The zero-order valence-electron chi connectivity index (χ0n) is 35.2. The lowest BCUT2D eigenvalue weighted by molar-refractivity contribution is 0.415. The summed E-state index contributed by atoms with van der Waals surface area (Å²) in [7, 11) is 5.21. The maximum absolute atomic E-state index is 11.7. The largest absolute Gasteiger partial charge is 0.508 e. The number of hydrogen-bond acceptors (Lipinski definition) is 10. The SMILES string of the molecule is COc1ccc2sc(/C(C#N)=c3/c4c(-c5ccc(O)cc5)n(B(C)c5ccccc5)/c(=C(/C#N)c5nc6cc(OC)ccc6s5)c4c(-c4ccc(O)cc4)n3[B]c3ccccc3)nc2c1. The highest BCUT2D eigenvalue weighted by molar-refractivity contribution is 7.20. The summed E-state index contributed by atoms with van der Waals surface area (Å²) in [5.74, 6) is 1.46. The molecule has 4 aromatic heterocycles. The van der Waals surface area contributed by atoms with Gasteiger partial charge in [0.15, 0.2) is 0 Å². The highest BCUT2D eigenvalue weighted by Gasteiger charge is 2.32. The predicted octanol–water partition coefficient (Wildman–Crippen LogP) is 8.04. The fraction of sp³-hybridized carbons (Fsp3) is 0.0588. The first-order valence-electron chi connectivity index (χ1n) is 20.6. The molecule has 0 fully saturated rings. The lowest BCUT2D eigenvalue weighted by Crippen LogP contribution is -2.42. The molecule has 0 atom stereocenters. The van der Waals surface area contributed by atoms with Crippen LogP contribution in [-0.2, 0) is 0 Å². The number of hydrogen-bond donors (Lipinski definition) is 2. The molecular weight excluding hydrogens is 846 g/mol. The number of phenols is 2. The Morgan fingerprint density at radius 3 is 1.60 bits per heavy atom. The number of nitriles is 2. The maximum atomic E-state index is 11.7. The highest BCUT2D eigenvalue weighted by Crippen LogP contribution is 2.38. The molecule has 0 aliphatic carbocycles. The van der Waals surface area contributed by atoms with Gasteiger partial charge in [-0.05, 0) is 83.9 Å². The van der Waals surface area contributed by atoms with Crippen molar-refractivity contribution in [3.05, 3.63) is 166 Å². The van der Waals surface area contributed by atoms with E-state index in [0.29, 0.717) is 82.1 Å². The first kappa shape index (κ1) is 41.0. The Labute approximate surface area is 382 Å². The van der Waals surface area contributed by atoms with Crippen LogP contribution >= 0.6 is 22.7 Å². The van der Waals surface area contributed by atoms with Crippen LogP contribution in [0.25, 0.3) is 64.9 Å². The molecule has 10 nitrogen and oxygen atoms in total. The van der Waals surface area contributed by atoms with E-state index >= 15 is 0 Å².